The van der Waals surface area contributed by atoms with Crippen LogP contribution in [0.1, 0.15) is 6.42 Å². The van der Waals surface area contributed by atoms with Crippen LogP contribution in [0.5, 0.6) is 0 Å². The van der Waals surface area contributed by atoms with Crippen molar-refractivity contribution in [3.05, 3.63) is 73.3 Å². The number of aromatic nitrogens is 2. The van der Waals surface area contributed by atoms with Gasteiger partial charge in [0, 0.05) is 36.9 Å². The van der Waals surface area contributed by atoms with Crippen LogP contribution < -0.4 is 10.0 Å². The summed E-state index contributed by atoms with van der Waals surface area (Å²) in [6.07, 6.45) is 6.43. The van der Waals surface area contributed by atoms with Crippen LogP contribution in [0.25, 0.3) is 0 Å². The second-order valence-corrected chi connectivity index (χ2v) is 7.26. The molecule has 1 heterocycles. The molecule has 3 rings (SSSR count). The second-order valence-electron chi connectivity index (χ2n) is 5.58. The first kappa shape index (κ1) is 17.0. The van der Waals surface area contributed by atoms with E-state index in [1.165, 1.54) is 0 Å². The van der Waals surface area contributed by atoms with Crippen LogP contribution in [-0.2, 0) is 16.6 Å². The first-order chi connectivity index (χ1) is 12.1. The topological polar surface area (TPSA) is 76.0 Å². The maximum atomic E-state index is 12.4. The average Bonchev–Trinajstić information content (AvgIpc) is 3.13. The van der Waals surface area contributed by atoms with E-state index in [0.717, 1.165) is 25.2 Å². The molecule has 0 aliphatic rings. The fourth-order valence-corrected chi connectivity index (χ4v) is 3.44. The van der Waals surface area contributed by atoms with Crippen molar-refractivity contribution in [1.29, 1.82) is 0 Å². The number of nitrogens with zero attached hydrogens (tertiary/aromatic N) is 2. The standard InChI is InChI=1S/C18H20N4O2S/c23-25(24,21-17-5-2-1-3-6-17)18-9-7-16(8-10-18)20-11-4-13-22-14-12-19-15-22/h1-3,5-10,12,14-15,20-21H,4,11,13H2. The Bertz CT molecular complexity index is 877. The van der Waals surface area contributed by atoms with Gasteiger partial charge in [-0.3, -0.25) is 4.72 Å². The van der Waals surface area contributed by atoms with Gasteiger partial charge in [0.15, 0.2) is 0 Å². The predicted molar refractivity (Wildman–Crippen MR) is 99.0 cm³/mol. The number of rotatable bonds is 8. The van der Waals surface area contributed by atoms with E-state index in [2.05, 4.69) is 15.0 Å². The third-order valence-corrected chi connectivity index (χ3v) is 5.07. The van der Waals surface area contributed by atoms with Crippen LogP contribution in [0.3, 0.4) is 0 Å². The normalized spacial score (nSPS) is 11.2. The van der Waals surface area contributed by atoms with Crippen LogP contribution >= 0.6 is 0 Å². The summed E-state index contributed by atoms with van der Waals surface area (Å²) in [5.41, 5.74) is 1.44. The van der Waals surface area contributed by atoms with E-state index >= 15 is 0 Å². The summed E-state index contributed by atoms with van der Waals surface area (Å²) in [6, 6.07) is 15.6. The van der Waals surface area contributed by atoms with Crippen molar-refractivity contribution in [2.75, 3.05) is 16.6 Å². The summed E-state index contributed by atoms with van der Waals surface area (Å²) < 4.78 is 29.3. The molecule has 7 heteroatoms. The molecule has 0 saturated carbocycles. The van der Waals surface area contributed by atoms with Gasteiger partial charge in [-0.1, -0.05) is 18.2 Å². The number of para-hydroxylation sites is 1. The zero-order chi connectivity index (χ0) is 17.5. The van der Waals surface area contributed by atoms with Gasteiger partial charge in [-0.25, -0.2) is 13.4 Å². The van der Waals surface area contributed by atoms with E-state index in [1.807, 2.05) is 16.8 Å². The van der Waals surface area contributed by atoms with Gasteiger partial charge in [-0.15, -0.1) is 0 Å². The molecule has 1 aromatic heterocycles. The van der Waals surface area contributed by atoms with Crippen LogP contribution in [0.4, 0.5) is 11.4 Å². The third kappa shape index (κ3) is 4.84. The summed E-state index contributed by atoms with van der Waals surface area (Å²) in [4.78, 5) is 4.24. The molecule has 0 unspecified atom stereocenters. The van der Waals surface area contributed by atoms with Crippen molar-refractivity contribution in [2.45, 2.75) is 17.9 Å². The lowest BCUT2D eigenvalue weighted by Crippen LogP contribution is -2.13. The molecule has 130 valence electrons. The molecule has 0 aliphatic carbocycles. The summed E-state index contributed by atoms with van der Waals surface area (Å²) in [7, 11) is -3.57. The Hall–Kier alpha value is -2.80. The fourth-order valence-electron chi connectivity index (χ4n) is 2.39. The van der Waals surface area contributed by atoms with E-state index in [9.17, 15) is 8.42 Å². The molecule has 0 fully saturated rings. The zero-order valence-electron chi connectivity index (χ0n) is 13.7. The minimum Gasteiger partial charge on any atom is -0.385 e. The van der Waals surface area contributed by atoms with Crippen LogP contribution in [0.2, 0.25) is 0 Å². The molecular weight excluding hydrogens is 336 g/mol. The van der Waals surface area contributed by atoms with Gasteiger partial charge in [0.05, 0.1) is 11.2 Å². The first-order valence-corrected chi connectivity index (χ1v) is 9.49. The third-order valence-electron chi connectivity index (χ3n) is 3.67. The van der Waals surface area contributed by atoms with E-state index < -0.39 is 10.0 Å². The van der Waals surface area contributed by atoms with Gasteiger partial charge in [0.2, 0.25) is 0 Å². The van der Waals surface area contributed by atoms with Crippen molar-refractivity contribution >= 4 is 21.4 Å². The molecule has 0 aliphatic heterocycles. The largest absolute Gasteiger partial charge is 0.385 e. The minimum absolute atomic E-state index is 0.236. The van der Waals surface area contributed by atoms with Crippen molar-refractivity contribution < 1.29 is 8.42 Å². The number of sulfonamides is 1. The van der Waals surface area contributed by atoms with E-state index in [-0.39, 0.29) is 4.90 Å². The van der Waals surface area contributed by atoms with Crippen molar-refractivity contribution in [2.24, 2.45) is 0 Å². The summed E-state index contributed by atoms with van der Waals surface area (Å²) in [5, 5.41) is 3.29. The summed E-state index contributed by atoms with van der Waals surface area (Å²) >= 11 is 0. The van der Waals surface area contributed by atoms with Crippen molar-refractivity contribution in [3.63, 3.8) is 0 Å². The number of aryl methyl sites for hydroxylation is 1. The Morgan fingerprint density at radius 2 is 1.72 bits per heavy atom. The second kappa shape index (κ2) is 7.85. The van der Waals surface area contributed by atoms with Gasteiger partial charge >= 0.3 is 0 Å². The number of nitrogens with one attached hydrogen (secondary N) is 2. The average molecular weight is 356 g/mol. The Balaban J connectivity index is 1.54. The summed E-state index contributed by atoms with van der Waals surface area (Å²) in [6.45, 7) is 1.69. The molecule has 0 bridgehead atoms. The molecule has 3 aromatic rings. The van der Waals surface area contributed by atoms with Gasteiger partial charge in [0.1, 0.15) is 0 Å². The monoisotopic (exact) mass is 356 g/mol. The number of hydrogen-bond acceptors (Lipinski definition) is 4. The Kier molecular flexibility index (Phi) is 5.35. The van der Waals surface area contributed by atoms with Crippen molar-refractivity contribution in [3.8, 4) is 0 Å². The molecule has 0 atom stereocenters. The number of anilines is 2. The first-order valence-electron chi connectivity index (χ1n) is 8.01. The van der Waals surface area contributed by atoms with Gasteiger partial charge in [-0.05, 0) is 42.8 Å². The van der Waals surface area contributed by atoms with Crippen LogP contribution in [-0.4, -0.2) is 24.5 Å². The van der Waals surface area contributed by atoms with Gasteiger partial charge in [0.25, 0.3) is 10.0 Å². The van der Waals surface area contributed by atoms with Crippen molar-refractivity contribution in [1.82, 2.24) is 9.55 Å². The molecule has 2 aromatic carbocycles. The maximum Gasteiger partial charge on any atom is 0.261 e. The Labute approximate surface area is 147 Å². The fraction of sp³-hybridized carbons (Fsp3) is 0.167. The highest BCUT2D eigenvalue weighted by Gasteiger charge is 2.13. The summed E-state index contributed by atoms with van der Waals surface area (Å²) in [5.74, 6) is 0. The Morgan fingerprint density at radius 3 is 2.40 bits per heavy atom. The van der Waals surface area contributed by atoms with Crippen LogP contribution in [0, 0.1) is 0 Å². The molecule has 0 radical (unpaired) electrons. The highest BCUT2D eigenvalue weighted by Crippen LogP contribution is 2.18. The molecular formula is C18H20N4O2S. The zero-order valence-corrected chi connectivity index (χ0v) is 14.5. The minimum atomic E-state index is -3.57. The number of benzene rings is 2. The Morgan fingerprint density at radius 1 is 0.960 bits per heavy atom. The molecule has 0 spiro atoms. The van der Waals surface area contributed by atoms with E-state index in [1.54, 1.807) is 61.1 Å². The quantitative estimate of drug-likeness (QED) is 0.608. The highest BCUT2D eigenvalue weighted by atomic mass is 32.2. The lowest BCUT2D eigenvalue weighted by Gasteiger charge is -2.10. The molecule has 0 saturated heterocycles. The lowest BCUT2D eigenvalue weighted by atomic mass is 10.3. The van der Waals surface area contributed by atoms with E-state index in [4.69, 9.17) is 0 Å². The molecule has 25 heavy (non-hydrogen) atoms. The maximum absolute atomic E-state index is 12.4. The molecule has 6 nitrogen and oxygen atoms in total. The predicted octanol–water partition coefficient (Wildman–Crippen LogP) is 3.19. The smallest absolute Gasteiger partial charge is 0.261 e. The highest BCUT2D eigenvalue weighted by molar-refractivity contribution is 7.92. The molecule has 0 amide bonds. The SMILES string of the molecule is O=S(=O)(Nc1ccccc1)c1ccc(NCCCn2ccnc2)cc1. The van der Waals surface area contributed by atoms with Crippen LogP contribution in [0.15, 0.2) is 78.2 Å². The number of hydrogen-bond donors (Lipinski definition) is 2. The number of imidazole rings is 1. The van der Waals surface area contributed by atoms with E-state index in [0.29, 0.717) is 5.69 Å². The van der Waals surface area contributed by atoms with Gasteiger partial charge in [-0.2, -0.15) is 0 Å². The lowest BCUT2D eigenvalue weighted by molar-refractivity contribution is 0.601. The molecule has 2 N–H and O–H groups in total. The van der Waals surface area contributed by atoms with Gasteiger partial charge < -0.3 is 9.88 Å².